The second kappa shape index (κ2) is 8.17. The van der Waals surface area contributed by atoms with E-state index in [9.17, 15) is 0 Å². The molecule has 0 amide bonds. The summed E-state index contributed by atoms with van der Waals surface area (Å²) in [5.74, 6) is 2.65. The molecular formula is C8H18ClNOS. The van der Waals surface area contributed by atoms with Gasteiger partial charge in [0, 0.05) is 19.7 Å². The van der Waals surface area contributed by atoms with Gasteiger partial charge in [0.2, 0.25) is 0 Å². The Morgan fingerprint density at radius 1 is 1.42 bits per heavy atom. The Hall–Kier alpha value is 0.560. The standard InChI is InChI=1S/C8H17NOS.ClH/c1-10-5-4-9-8-2-6-11-7-3-8;/h8-9H,2-7H2,1H3;1H. The van der Waals surface area contributed by atoms with E-state index >= 15 is 0 Å². The maximum Gasteiger partial charge on any atom is 0.0587 e. The van der Waals surface area contributed by atoms with Crippen LogP contribution in [0.2, 0.25) is 0 Å². The van der Waals surface area contributed by atoms with Gasteiger partial charge in [0.15, 0.2) is 0 Å². The average molecular weight is 212 g/mol. The lowest BCUT2D eigenvalue weighted by molar-refractivity contribution is 0.195. The molecule has 1 saturated heterocycles. The van der Waals surface area contributed by atoms with Gasteiger partial charge in [0.25, 0.3) is 0 Å². The van der Waals surface area contributed by atoms with E-state index in [-0.39, 0.29) is 12.4 Å². The highest BCUT2D eigenvalue weighted by molar-refractivity contribution is 7.99. The fourth-order valence-corrected chi connectivity index (χ4v) is 2.37. The van der Waals surface area contributed by atoms with Gasteiger partial charge in [0.05, 0.1) is 6.61 Å². The Balaban J connectivity index is 0.00000121. The summed E-state index contributed by atoms with van der Waals surface area (Å²) in [6.07, 6.45) is 2.66. The monoisotopic (exact) mass is 211 g/mol. The first-order chi connectivity index (χ1) is 5.43. The largest absolute Gasteiger partial charge is 0.383 e. The van der Waals surface area contributed by atoms with E-state index in [4.69, 9.17) is 4.74 Å². The van der Waals surface area contributed by atoms with E-state index in [1.807, 2.05) is 0 Å². The zero-order chi connectivity index (χ0) is 7.94. The summed E-state index contributed by atoms with van der Waals surface area (Å²) < 4.78 is 4.97. The fourth-order valence-electron chi connectivity index (χ4n) is 1.27. The van der Waals surface area contributed by atoms with E-state index in [0.29, 0.717) is 0 Å². The Labute approximate surface area is 85.2 Å². The lowest BCUT2D eigenvalue weighted by Gasteiger charge is -2.22. The minimum atomic E-state index is 0. The highest BCUT2D eigenvalue weighted by Gasteiger charge is 2.11. The molecule has 0 bridgehead atoms. The smallest absolute Gasteiger partial charge is 0.0587 e. The molecule has 0 radical (unpaired) electrons. The molecule has 1 rings (SSSR count). The number of hydrogen-bond donors (Lipinski definition) is 1. The van der Waals surface area contributed by atoms with Gasteiger partial charge in [0.1, 0.15) is 0 Å². The van der Waals surface area contributed by atoms with Crippen LogP contribution in [-0.2, 0) is 4.74 Å². The molecule has 0 spiro atoms. The van der Waals surface area contributed by atoms with E-state index in [2.05, 4.69) is 17.1 Å². The third-order valence-corrected chi connectivity index (χ3v) is 3.01. The van der Waals surface area contributed by atoms with E-state index in [1.165, 1.54) is 24.3 Å². The van der Waals surface area contributed by atoms with Crippen molar-refractivity contribution in [1.29, 1.82) is 0 Å². The molecule has 1 aliphatic rings. The van der Waals surface area contributed by atoms with Crippen molar-refractivity contribution in [3.63, 3.8) is 0 Å². The molecular weight excluding hydrogens is 194 g/mol. The number of ether oxygens (including phenoxy) is 1. The molecule has 2 nitrogen and oxygen atoms in total. The van der Waals surface area contributed by atoms with Gasteiger partial charge in [-0.3, -0.25) is 0 Å². The van der Waals surface area contributed by atoms with Crippen LogP contribution in [0.25, 0.3) is 0 Å². The topological polar surface area (TPSA) is 21.3 Å². The lowest BCUT2D eigenvalue weighted by Crippen LogP contribution is -2.34. The third kappa shape index (κ3) is 5.25. The Kier molecular flexibility index (Phi) is 8.55. The summed E-state index contributed by atoms with van der Waals surface area (Å²) in [5.41, 5.74) is 0. The number of methoxy groups -OCH3 is 1. The van der Waals surface area contributed by atoms with E-state index < -0.39 is 0 Å². The minimum absolute atomic E-state index is 0. The van der Waals surface area contributed by atoms with E-state index in [0.717, 1.165) is 19.2 Å². The first-order valence-corrected chi connectivity index (χ1v) is 5.39. The summed E-state index contributed by atoms with van der Waals surface area (Å²) in [6.45, 7) is 1.84. The second-order valence-electron chi connectivity index (χ2n) is 2.83. The van der Waals surface area contributed by atoms with Crippen molar-refractivity contribution in [3.8, 4) is 0 Å². The van der Waals surface area contributed by atoms with Crippen molar-refractivity contribution < 1.29 is 4.74 Å². The number of rotatable bonds is 4. The van der Waals surface area contributed by atoms with Crippen LogP contribution in [0.15, 0.2) is 0 Å². The van der Waals surface area contributed by atoms with Crippen molar-refractivity contribution in [2.24, 2.45) is 0 Å². The Bertz CT molecular complexity index is 99.1. The maximum atomic E-state index is 4.97. The quantitative estimate of drug-likeness (QED) is 0.713. The Morgan fingerprint density at radius 2 is 2.08 bits per heavy atom. The van der Waals surface area contributed by atoms with Gasteiger partial charge in [-0.25, -0.2) is 0 Å². The molecule has 12 heavy (non-hydrogen) atoms. The van der Waals surface area contributed by atoms with Crippen molar-refractivity contribution in [2.45, 2.75) is 18.9 Å². The molecule has 4 heteroatoms. The number of halogens is 1. The highest BCUT2D eigenvalue weighted by atomic mass is 35.5. The summed E-state index contributed by atoms with van der Waals surface area (Å²) in [7, 11) is 1.75. The van der Waals surface area contributed by atoms with Gasteiger partial charge < -0.3 is 10.1 Å². The van der Waals surface area contributed by atoms with Crippen LogP contribution < -0.4 is 5.32 Å². The predicted molar refractivity (Wildman–Crippen MR) is 57.5 cm³/mol. The molecule has 0 aromatic heterocycles. The van der Waals surface area contributed by atoms with Crippen LogP contribution in [0.1, 0.15) is 12.8 Å². The van der Waals surface area contributed by atoms with Crippen LogP contribution in [0, 0.1) is 0 Å². The molecule has 0 aromatic carbocycles. The first-order valence-electron chi connectivity index (χ1n) is 4.23. The Morgan fingerprint density at radius 3 is 2.67 bits per heavy atom. The van der Waals surface area contributed by atoms with Gasteiger partial charge in [-0.15, -0.1) is 12.4 Å². The fraction of sp³-hybridized carbons (Fsp3) is 1.00. The second-order valence-corrected chi connectivity index (χ2v) is 4.06. The minimum Gasteiger partial charge on any atom is -0.383 e. The SMILES string of the molecule is COCCNC1CCSCC1.Cl. The first kappa shape index (κ1) is 12.6. The van der Waals surface area contributed by atoms with Crippen LogP contribution in [0.5, 0.6) is 0 Å². The third-order valence-electron chi connectivity index (χ3n) is 1.96. The van der Waals surface area contributed by atoms with Crippen LogP contribution in [0.3, 0.4) is 0 Å². The molecule has 1 heterocycles. The molecule has 0 unspecified atom stereocenters. The molecule has 0 atom stereocenters. The zero-order valence-electron chi connectivity index (χ0n) is 7.54. The number of nitrogens with one attached hydrogen (secondary N) is 1. The zero-order valence-corrected chi connectivity index (χ0v) is 9.18. The molecule has 1 fully saturated rings. The molecule has 0 saturated carbocycles. The normalized spacial score (nSPS) is 18.8. The highest BCUT2D eigenvalue weighted by Crippen LogP contribution is 2.16. The lowest BCUT2D eigenvalue weighted by atomic mass is 10.1. The van der Waals surface area contributed by atoms with Gasteiger partial charge in [-0.05, 0) is 24.3 Å². The number of hydrogen-bond acceptors (Lipinski definition) is 3. The van der Waals surface area contributed by atoms with Gasteiger partial charge in [-0.2, -0.15) is 11.8 Å². The summed E-state index contributed by atoms with van der Waals surface area (Å²) in [4.78, 5) is 0. The molecule has 0 aliphatic carbocycles. The molecule has 0 aromatic rings. The summed E-state index contributed by atoms with van der Waals surface area (Å²) in [6, 6.07) is 0.756. The van der Waals surface area contributed by atoms with Crippen LogP contribution >= 0.6 is 24.2 Å². The molecule has 74 valence electrons. The van der Waals surface area contributed by atoms with Gasteiger partial charge >= 0.3 is 0 Å². The van der Waals surface area contributed by atoms with Crippen molar-refractivity contribution >= 4 is 24.2 Å². The van der Waals surface area contributed by atoms with Gasteiger partial charge in [-0.1, -0.05) is 0 Å². The van der Waals surface area contributed by atoms with Crippen LogP contribution in [0.4, 0.5) is 0 Å². The van der Waals surface area contributed by atoms with Crippen molar-refractivity contribution in [2.75, 3.05) is 31.8 Å². The summed E-state index contributed by atoms with van der Waals surface area (Å²) in [5, 5.41) is 3.48. The molecule has 1 aliphatic heterocycles. The van der Waals surface area contributed by atoms with E-state index in [1.54, 1.807) is 7.11 Å². The predicted octanol–water partition coefficient (Wildman–Crippen LogP) is 1.54. The molecule has 1 N–H and O–H groups in total. The number of thioether (sulfide) groups is 1. The van der Waals surface area contributed by atoms with Crippen molar-refractivity contribution in [1.82, 2.24) is 5.32 Å². The summed E-state index contributed by atoms with van der Waals surface area (Å²) >= 11 is 2.07. The van der Waals surface area contributed by atoms with Crippen LogP contribution in [-0.4, -0.2) is 37.8 Å². The maximum absolute atomic E-state index is 4.97. The van der Waals surface area contributed by atoms with Crippen molar-refractivity contribution in [3.05, 3.63) is 0 Å². The average Bonchev–Trinajstić information content (AvgIpc) is 2.07.